The van der Waals surface area contributed by atoms with Gasteiger partial charge in [-0.2, -0.15) is 8.78 Å². The number of nitrogens with zero attached hydrogens (tertiary/aromatic N) is 3. The summed E-state index contributed by atoms with van der Waals surface area (Å²) in [6, 6.07) is 13.1. The van der Waals surface area contributed by atoms with Gasteiger partial charge >= 0.3 is 18.7 Å². The van der Waals surface area contributed by atoms with Gasteiger partial charge in [0.05, 0.1) is 28.9 Å². The second-order valence-electron chi connectivity index (χ2n) is 12.6. The number of anilines is 1. The number of piperidine rings is 3. The first-order valence-electron chi connectivity index (χ1n) is 17.7. The number of rotatable bonds is 12. The van der Waals surface area contributed by atoms with Crippen LogP contribution in [-0.2, 0) is 17.7 Å². The number of carbonyl (C=O) groups is 2. The van der Waals surface area contributed by atoms with E-state index in [9.17, 15) is 33.1 Å². The Morgan fingerprint density at radius 1 is 1.06 bits per heavy atom. The molecule has 3 aromatic carbocycles. The number of ether oxygens (including phenoxy) is 3. The van der Waals surface area contributed by atoms with Crippen molar-refractivity contribution in [1.82, 2.24) is 4.90 Å². The van der Waals surface area contributed by atoms with Gasteiger partial charge < -0.3 is 19.3 Å². The number of benzene rings is 3. The summed E-state index contributed by atoms with van der Waals surface area (Å²) in [4.78, 5) is 30.5. The molecule has 52 heavy (non-hydrogen) atoms. The van der Waals surface area contributed by atoms with Crippen LogP contribution < -0.4 is 19.1 Å². The van der Waals surface area contributed by atoms with Gasteiger partial charge in [0.1, 0.15) is 22.0 Å². The van der Waals surface area contributed by atoms with E-state index in [0.29, 0.717) is 11.3 Å². The number of hydrogen-bond donors (Lipinski definition) is 2. The Hall–Kier alpha value is -4.72. The summed E-state index contributed by atoms with van der Waals surface area (Å²) < 4.78 is 80.8. The molecule has 4 heterocycles. The van der Waals surface area contributed by atoms with Gasteiger partial charge in [-0.3, -0.25) is 15.0 Å². The highest BCUT2D eigenvalue weighted by Crippen LogP contribution is 2.41. The molecule has 0 spiro atoms. The van der Waals surface area contributed by atoms with E-state index in [-0.39, 0.29) is 62.4 Å². The number of aromatic nitrogens is 1. The van der Waals surface area contributed by atoms with Crippen LogP contribution >= 0.6 is 23.2 Å². The van der Waals surface area contributed by atoms with E-state index in [1.165, 1.54) is 41.3 Å². The minimum Gasteiger partial charge on any atom is -0.493 e. The maximum Gasteiger partial charge on any atom is 0.414 e. The average Bonchev–Trinajstić information content (AvgIpc) is 3.11. The second-order valence-corrected chi connectivity index (χ2v) is 13.4. The highest BCUT2D eigenvalue weighted by Gasteiger charge is 2.38. The van der Waals surface area contributed by atoms with E-state index < -0.39 is 55.1 Å². The lowest BCUT2D eigenvalue weighted by atomic mass is 9.80. The van der Waals surface area contributed by atoms with Crippen molar-refractivity contribution in [3.05, 3.63) is 117 Å². The lowest BCUT2D eigenvalue weighted by Crippen LogP contribution is -2.53. The van der Waals surface area contributed by atoms with Crippen molar-refractivity contribution in [3.63, 3.8) is 0 Å². The molecule has 0 unspecified atom stereocenters. The number of carbonyl (C=O) groups excluding carboxylic acids is 1. The number of carboxylic acids is 1. The third kappa shape index (κ3) is 8.16. The van der Waals surface area contributed by atoms with Crippen molar-refractivity contribution in [1.29, 1.82) is 0 Å². The smallest absolute Gasteiger partial charge is 0.414 e. The fourth-order valence-corrected chi connectivity index (χ4v) is 7.61. The fraction of sp³-hybridized carbons (Fsp3) is 0.324. The van der Waals surface area contributed by atoms with Crippen LogP contribution in [0.15, 0.2) is 73.1 Å². The zero-order valence-corrected chi connectivity index (χ0v) is 28.9. The Labute approximate surface area is 311 Å². The molecule has 0 radical (unpaired) electrons. The molecule has 7 rings (SSSR count). The number of amides is 1. The number of fused-ring (bicyclic) bond motifs is 3. The highest BCUT2D eigenvalue weighted by molar-refractivity contribution is 6.35. The standard InChI is InChI=1S/C37H34Cl2F3N3O7/c1-50-32-14-22(8-9-31(32)51-36(41)42)27(16-28-29(38)18-44(49)19-30(28)39)34-23(4-2-7-26(34)35(46)47)17-45(25-6-3-5-24(40)15-25)37(48)52-33-20-43-12-10-21(33)11-13-43/h2-9,14-15,18-19,21,27,33,36H,10-13,16-17,20H2,1H3,(H-,46,47,49)/p+1/t27-,33-/m0/s1/i1D3. The zero-order valence-electron chi connectivity index (χ0n) is 30.4. The van der Waals surface area contributed by atoms with E-state index >= 15 is 0 Å². The van der Waals surface area contributed by atoms with Crippen LogP contribution in [0.2, 0.25) is 10.0 Å². The lowest BCUT2D eigenvalue weighted by molar-refractivity contribution is -0.904. The molecule has 3 aliphatic heterocycles. The molecule has 2 N–H and O–H groups in total. The van der Waals surface area contributed by atoms with Crippen LogP contribution in [0.25, 0.3) is 0 Å². The third-order valence-electron chi connectivity index (χ3n) is 9.46. The summed E-state index contributed by atoms with van der Waals surface area (Å²) in [5.74, 6) is -4.22. The molecule has 4 aromatic rings. The van der Waals surface area contributed by atoms with Crippen molar-refractivity contribution in [2.75, 3.05) is 31.6 Å². The molecule has 0 aliphatic carbocycles. The monoisotopic (exact) mass is 763 g/mol. The zero-order chi connectivity index (χ0) is 39.6. The summed E-state index contributed by atoms with van der Waals surface area (Å²) in [5.41, 5.74) is 0.571. The third-order valence-corrected chi connectivity index (χ3v) is 10.1. The van der Waals surface area contributed by atoms with Gasteiger partial charge in [0.25, 0.3) is 0 Å². The van der Waals surface area contributed by atoms with Gasteiger partial charge in [0.2, 0.25) is 12.4 Å². The van der Waals surface area contributed by atoms with E-state index in [2.05, 4.69) is 9.64 Å². The molecule has 2 atom stereocenters. The van der Waals surface area contributed by atoms with Crippen LogP contribution in [0.4, 0.5) is 23.7 Å². The molecule has 15 heteroatoms. The minimum atomic E-state index is -3.35. The van der Waals surface area contributed by atoms with Gasteiger partial charge in [-0.15, -0.1) is 0 Å². The fourth-order valence-electron chi connectivity index (χ4n) is 7.00. The first-order valence-corrected chi connectivity index (χ1v) is 17.0. The Bertz CT molecular complexity index is 2050. The average molecular weight is 765 g/mol. The number of alkyl halides is 2. The van der Waals surface area contributed by atoms with Gasteiger partial charge in [-0.05, 0) is 91.4 Å². The molecule has 2 bridgehead atoms. The Balaban J connectivity index is 1.52. The van der Waals surface area contributed by atoms with Gasteiger partial charge in [-0.1, -0.05) is 47.5 Å². The molecule has 3 saturated heterocycles. The Morgan fingerprint density at radius 2 is 1.79 bits per heavy atom. The summed E-state index contributed by atoms with van der Waals surface area (Å²) >= 11 is 13.1. The lowest BCUT2D eigenvalue weighted by Gasteiger charge is -2.44. The number of halogens is 5. The summed E-state index contributed by atoms with van der Waals surface area (Å²) in [6.07, 6.45) is 2.55. The normalized spacial score (nSPS) is 19.7. The number of aromatic carboxylic acids is 1. The van der Waals surface area contributed by atoms with E-state index in [0.717, 1.165) is 56.5 Å². The first-order chi connectivity index (χ1) is 26.1. The molecule has 3 fully saturated rings. The van der Waals surface area contributed by atoms with E-state index in [4.69, 9.17) is 36.8 Å². The largest absolute Gasteiger partial charge is 0.493 e. The molecule has 10 nitrogen and oxygen atoms in total. The van der Waals surface area contributed by atoms with E-state index in [1.54, 1.807) is 6.07 Å². The van der Waals surface area contributed by atoms with Crippen LogP contribution in [0.1, 0.15) is 55.5 Å². The first kappa shape index (κ1) is 33.1. The molecule has 3 aliphatic rings. The quantitative estimate of drug-likeness (QED) is 0.112. The predicted molar refractivity (Wildman–Crippen MR) is 184 cm³/mol. The predicted octanol–water partition coefficient (Wildman–Crippen LogP) is 7.58. The molecular weight excluding hydrogens is 726 g/mol. The molecule has 1 amide bonds. The Morgan fingerprint density at radius 3 is 2.42 bits per heavy atom. The molecule has 0 saturated carbocycles. The minimum absolute atomic E-state index is 0.0338. The van der Waals surface area contributed by atoms with Crippen molar-refractivity contribution >= 4 is 41.0 Å². The highest BCUT2D eigenvalue weighted by atomic mass is 35.5. The van der Waals surface area contributed by atoms with Crippen LogP contribution in [0.3, 0.4) is 0 Å². The van der Waals surface area contributed by atoms with Gasteiger partial charge in [0.15, 0.2) is 11.5 Å². The second kappa shape index (κ2) is 15.9. The number of methoxy groups -OCH3 is 1. The number of carboxylic acid groups (broad SMARTS) is 1. The molecule has 1 aromatic heterocycles. The van der Waals surface area contributed by atoms with Gasteiger partial charge in [0, 0.05) is 22.8 Å². The van der Waals surface area contributed by atoms with Crippen LogP contribution in [0.5, 0.6) is 11.5 Å². The van der Waals surface area contributed by atoms with Crippen LogP contribution in [-0.4, -0.2) is 66.7 Å². The summed E-state index contributed by atoms with van der Waals surface area (Å²) in [5, 5.41) is 20.6. The molecular formula is C37H35Cl2F3N3O7+. The maximum absolute atomic E-state index is 14.7. The SMILES string of the molecule is [2H]C([2H])([2H])Oc1cc([C@H](Cc2c(Cl)c[n+](O)cc2Cl)c2c(CN(C(=O)O[C@H]3CN4CCC3CC4)c3cccc(F)c3)cccc2C(=O)O)ccc1OC(F)F. The van der Waals surface area contributed by atoms with Crippen molar-refractivity contribution in [2.45, 2.75) is 44.4 Å². The number of pyridine rings is 1. The van der Waals surface area contributed by atoms with Crippen molar-refractivity contribution in [3.8, 4) is 11.5 Å². The molecule has 274 valence electrons. The van der Waals surface area contributed by atoms with Crippen LogP contribution in [0, 0.1) is 11.7 Å². The number of hydrogen-bond acceptors (Lipinski definition) is 7. The summed E-state index contributed by atoms with van der Waals surface area (Å²) in [6.45, 7) is -1.37. The Kier molecular flexibility index (Phi) is 10.1. The van der Waals surface area contributed by atoms with Crippen molar-refractivity contribution in [2.24, 2.45) is 5.92 Å². The van der Waals surface area contributed by atoms with Gasteiger partial charge in [-0.25, -0.2) is 14.0 Å². The van der Waals surface area contributed by atoms with Crippen molar-refractivity contribution < 1.29 is 56.1 Å². The maximum atomic E-state index is 14.7. The van der Waals surface area contributed by atoms with E-state index in [1.807, 2.05) is 0 Å². The topological polar surface area (TPSA) is 113 Å². The summed E-state index contributed by atoms with van der Waals surface area (Å²) in [7, 11) is -3.11.